The van der Waals surface area contributed by atoms with Crippen LogP contribution in [0.1, 0.15) is 10.4 Å². The van der Waals surface area contributed by atoms with Crippen LogP contribution in [-0.2, 0) is 24.3 Å². The zero-order chi connectivity index (χ0) is 15.6. The number of nitrogens with zero attached hydrogens (tertiary/aromatic N) is 1. The maximum Gasteiger partial charge on any atom is 0.337 e. The Balaban J connectivity index is 2.29. The van der Waals surface area contributed by atoms with Gasteiger partial charge in [-0.25, -0.2) is 13.2 Å². The number of amides is 2. The van der Waals surface area contributed by atoms with Gasteiger partial charge in [-0.1, -0.05) is 0 Å². The van der Waals surface area contributed by atoms with Gasteiger partial charge in [-0.15, -0.1) is 0 Å². The second-order valence-electron chi connectivity index (χ2n) is 4.26. The fraction of sp³-hybridized carbons (Fsp3) is 0.250. The molecule has 8 nitrogen and oxygen atoms in total. The summed E-state index contributed by atoms with van der Waals surface area (Å²) >= 11 is 0. The fourth-order valence-electron chi connectivity index (χ4n) is 1.81. The Bertz CT molecular complexity index is 679. The van der Waals surface area contributed by atoms with E-state index in [-0.39, 0.29) is 10.5 Å². The minimum atomic E-state index is -3.98. The van der Waals surface area contributed by atoms with Gasteiger partial charge in [-0.2, -0.15) is 4.31 Å². The highest BCUT2D eigenvalue weighted by atomic mass is 32.2. The van der Waals surface area contributed by atoms with Crippen LogP contribution < -0.4 is 5.32 Å². The molecule has 1 heterocycles. The second-order valence-corrected chi connectivity index (χ2v) is 6.20. The third kappa shape index (κ3) is 3.09. The first kappa shape index (κ1) is 15.1. The Morgan fingerprint density at radius 3 is 2.14 bits per heavy atom. The summed E-state index contributed by atoms with van der Waals surface area (Å²) in [6.07, 6.45) is 0. The summed E-state index contributed by atoms with van der Waals surface area (Å²) in [5, 5.41) is 2.02. The lowest BCUT2D eigenvalue weighted by atomic mass is 10.2. The highest BCUT2D eigenvalue weighted by Gasteiger charge is 2.32. The molecule has 1 N–H and O–H groups in total. The molecule has 1 aliphatic rings. The summed E-state index contributed by atoms with van der Waals surface area (Å²) in [7, 11) is -2.76. The van der Waals surface area contributed by atoms with E-state index in [1.165, 1.54) is 31.4 Å². The van der Waals surface area contributed by atoms with Crippen LogP contribution in [0.3, 0.4) is 0 Å². The number of ether oxygens (including phenoxy) is 1. The van der Waals surface area contributed by atoms with Gasteiger partial charge in [-0.05, 0) is 24.3 Å². The zero-order valence-corrected chi connectivity index (χ0v) is 11.8. The summed E-state index contributed by atoms with van der Waals surface area (Å²) in [4.78, 5) is 33.7. The molecule has 9 heteroatoms. The van der Waals surface area contributed by atoms with Gasteiger partial charge in [0, 0.05) is 0 Å². The molecule has 112 valence electrons. The molecule has 1 fully saturated rings. The fourth-order valence-corrected chi connectivity index (χ4v) is 3.16. The maximum absolute atomic E-state index is 12.3. The molecule has 0 radical (unpaired) electrons. The van der Waals surface area contributed by atoms with Crippen molar-refractivity contribution in [1.29, 1.82) is 0 Å². The van der Waals surface area contributed by atoms with Crippen LogP contribution in [-0.4, -0.2) is 50.7 Å². The molecule has 0 unspecified atom stereocenters. The number of methoxy groups -OCH3 is 1. The smallest absolute Gasteiger partial charge is 0.337 e. The maximum atomic E-state index is 12.3. The number of hydrogen-bond acceptors (Lipinski definition) is 6. The third-order valence-electron chi connectivity index (χ3n) is 2.83. The molecule has 0 bridgehead atoms. The van der Waals surface area contributed by atoms with E-state index in [0.29, 0.717) is 0 Å². The minimum Gasteiger partial charge on any atom is -0.465 e. The van der Waals surface area contributed by atoms with Gasteiger partial charge in [0.1, 0.15) is 0 Å². The monoisotopic (exact) mass is 312 g/mol. The lowest BCUT2D eigenvalue weighted by molar-refractivity contribution is -0.134. The number of carbonyl (C=O) groups excluding carboxylic acids is 3. The highest BCUT2D eigenvalue weighted by Crippen LogP contribution is 2.17. The second kappa shape index (κ2) is 5.62. The number of rotatable bonds is 3. The molecule has 1 saturated heterocycles. The van der Waals surface area contributed by atoms with Crippen LogP contribution in [0.15, 0.2) is 29.2 Å². The molecular formula is C12H12N2O6S. The van der Waals surface area contributed by atoms with Crippen molar-refractivity contribution in [3.8, 4) is 0 Å². The predicted octanol–water partition coefficient (Wildman–Crippen LogP) is -0.880. The standard InChI is InChI=1S/C12H12N2O6S/c1-20-12(17)8-2-4-9(5-3-8)21(18,19)14-6-10(15)13-11(16)7-14/h2-5H,6-7H2,1H3,(H,13,15,16). The van der Waals surface area contributed by atoms with E-state index in [2.05, 4.69) is 4.74 Å². The Morgan fingerprint density at radius 2 is 1.67 bits per heavy atom. The van der Waals surface area contributed by atoms with Crippen LogP contribution >= 0.6 is 0 Å². The van der Waals surface area contributed by atoms with Crippen molar-refractivity contribution in [2.75, 3.05) is 20.2 Å². The van der Waals surface area contributed by atoms with E-state index in [4.69, 9.17) is 0 Å². The highest BCUT2D eigenvalue weighted by molar-refractivity contribution is 7.89. The van der Waals surface area contributed by atoms with Crippen molar-refractivity contribution < 1.29 is 27.5 Å². The molecule has 2 amide bonds. The number of imide groups is 1. The lowest BCUT2D eigenvalue weighted by Crippen LogP contribution is -2.53. The Hall–Kier alpha value is -2.26. The first-order chi connectivity index (χ1) is 9.84. The van der Waals surface area contributed by atoms with Gasteiger partial charge in [0.2, 0.25) is 21.8 Å². The number of nitrogens with one attached hydrogen (secondary N) is 1. The quantitative estimate of drug-likeness (QED) is 0.573. The van der Waals surface area contributed by atoms with Gasteiger partial charge in [0.25, 0.3) is 0 Å². The van der Waals surface area contributed by atoms with Gasteiger partial charge >= 0.3 is 5.97 Å². The summed E-state index contributed by atoms with van der Waals surface area (Å²) in [6, 6.07) is 5.03. The van der Waals surface area contributed by atoms with E-state index < -0.39 is 40.9 Å². The molecule has 1 aliphatic heterocycles. The van der Waals surface area contributed by atoms with Crippen LogP contribution in [0.2, 0.25) is 0 Å². The van der Waals surface area contributed by atoms with E-state index in [9.17, 15) is 22.8 Å². The molecule has 1 aromatic rings. The molecule has 0 aliphatic carbocycles. The number of sulfonamides is 1. The average molecular weight is 312 g/mol. The van der Waals surface area contributed by atoms with Crippen LogP contribution in [0.25, 0.3) is 0 Å². The number of piperazine rings is 1. The zero-order valence-electron chi connectivity index (χ0n) is 11.0. The average Bonchev–Trinajstić information content (AvgIpc) is 2.45. The SMILES string of the molecule is COC(=O)c1ccc(S(=O)(=O)N2CC(=O)NC(=O)C2)cc1. The van der Waals surface area contributed by atoms with Gasteiger partial charge in [-0.3, -0.25) is 14.9 Å². The Labute approximate surface area is 120 Å². The molecule has 0 aromatic heterocycles. The minimum absolute atomic E-state index is 0.113. The van der Waals surface area contributed by atoms with Crippen molar-refractivity contribution in [1.82, 2.24) is 9.62 Å². The molecule has 1 aromatic carbocycles. The topological polar surface area (TPSA) is 110 Å². The molecule has 0 saturated carbocycles. The lowest BCUT2D eigenvalue weighted by Gasteiger charge is -2.24. The number of benzene rings is 1. The van der Waals surface area contributed by atoms with E-state index >= 15 is 0 Å². The number of esters is 1. The van der Waals surface area contributed by atoms with Gasteiger partial charge in [0.05, 0.1) is 30.7 Å². The number of hydrogen-bond donors (Lipinski definition) is 1. The molecule has 0 spiro atoms. The molecule has 0 atom stereocenters. The Kier molecular flexibility index (Phi) is 4.05. The van der Waals surface area contributed by atoms with Crippen molar-refractivity contribution >= 4 is 27.8 Å². The first-order valence-electron chi connectivity index (χ1n) is 5.86. The molecule has 21 heavy (non-hydrogen) atoms. The van der Waals surface area contributed by atoms with Crippen molar-refractivity contribution in [2.24, 2.45) is 0 Å². The molecule has 2 rings (SSSR count). The third-order valence-corrected chi connectivity index (χ3v) is 4.64. The van der Waals surface area contributed by atoms with Crippen LogP contribution in [0.4, 0.5) is 0 Å². The summed E-state index contributed by atoms with van der Waals surface area (Å²) in [6.45, 7) is -0.848. The van der Waals surface area contributed by atoms with E-state index in [1.807, 2.05) is 5.32 Å². The normalized spacial score (nSPS) is 16.4. The number of carbonyl (C=O) groups is 3. The van der Waals surface area contributed by atoms with E-state index in [0.717, 1.165) is 4.31 Å². The Morgan fingerprint density at radius 1 is 1.14 bits per heavy atom. The summed E-state index contributed by atoms with van der Waals surface area (Å²) in [5.41, 5.74) is 0.198. The van der Waals surface area contributed by atoms with Gasteiger partial charge in [0.15, 0.2) is 0 Å². The van der Waals surface area contributed by atoms with Crippen molar-refractivity contribution in [2.45, 2.75) is 4.90 Å². The predicted molar refractivity (Wildman–Crippen MR) is 69.7 cm³/mol. The van der Waals surface area contributed by atoms with E-state index in [1.54, 1.807) is 0 Å². The van der Waals surface area contributed by atoms with Crippen LogP contribution in [0.5, 0.6) is 0 Å². The van der Waals surface area contributed by atoms with Crippen molar-refractivity contribution in [3.05, 3.63) is 29.8 Å². The van der Waals surface area contributed by atoms with Crippen LogP contribution in [0, 0.1) is 0 Å². The largest absolute Gasteiger partial charge is 0.465 e. The molecular weight excluding hydrogens is 300 g/mol. The summed E-state index contributed by atoms with van der Waals surface area (Å²) in [5.74, 6) is -1.95. The first-order valence-corrected chi connectivity index (χ1v) is 7.30. The van der Waals surface area contributed by atoms with Gasteiger partial charge < -0.3 is 4.74 Å². The summed E-state index contributed by atoms with van der Waals surface area (Å²) < 4.78 is 29.9. The van der Waals surface area contributed by atoms with Crippen molar-refractivity contribution in [3.63, 3.8) is 0 Å².